The molecule has 0 radical (unpaired) electrons. The Bertz CT molecular complexity index is 625. The van der Waals surface area contributed by atoms with Gasteiger partial charge in [-0.1, -0.05) is 17.7 Å². The molecule has 0 atom stereocenters. The van der Waals surface area contributed by atoms with Crippen molar-refractivity contribution in [1.29, 1.82) is 0 Å². The molecule has 6 heteroatoms. The number of carbonyl (C=O) groups is 2. The lowest BCUT2D eigenvalue weighted by atomic mass is 10.1. The number of rotatable bonds is 2. The molecule has 4 nitrogen and oxygen atoms in total. The van der Waals surface area contributed by atoms with Crippen LogP contribution in [0.4, 0.5) is 0 Å². The normalized spacial score (nSPS) is 10.0. The molecule has 19 heavy (non-hydrogen) atoms. The Morgan fingerprint density at radius 2 is 1.84 bits per heavy atom. The monoisotopic (exact) mass is 338 g/mol. The Hall–Kier alpha value is -1.66. The van der Waals surface area contributed by atoms with E-state index >= 15 is 0 Å². The number of hydrogen-bond acceptors (Lipinski definition) is 3. The van der Waals surface area contributed by atoms with E-state index in [1.54, 1.807) is 30.3 Å². The number of hydrazine groups is 1. The van der Waals surface area contributed by atoms with Crippen molar-refractivity contribution in [3.8, 4) is 0 Å². The highest BCUT2D eigenvalue weighted by atomic mass is 79.9. The molecular formula is C13H11BrN2O2S. The van der Waals surface area contributed by atoms with Crippen molar-refractivity contribution in [2.75, 3.05) is 0 Å². The van der Waals surface area contributed by atoms with Crippen LogP contribution in [0.1, 0.15) is 25.6 Å². The summed E-state index contributed by atoms with van der Waals surface area (Å²) in [6.07, 6.45) is 0. The summed E-state index contributed by atoms with van der Waals surface area (Å²) in [6.45, 7) is 1.90. The second-order valence-corrected chi connectivity index (χ2v) is 6.34. The molecule has 1 heterocycles. The van der Waals surface area contributed by atoms with E-state index in [4.69, 9.17) is 0 Å². The number of thiophene rings is 1. The first-order chi connectivity index (χ1) is 9.06. The number of hydrogen-bond donors (Lipinski definition) is 2. The fourth-order valence-electron chi connectivity index (χ4n) is 1.47. The van der Waals surface area contributed by atoms with Gasteiger partial charge in [0.2, 0.25) is 0 Å². The largest absolute Gasteiger partial charge is 0.279 e. The zero-order valence-corrected chi connectivity index (χ0v) is 12.5. The molecule has 0 bridgehead atoms. The van der Waals surface area contributed by atoms with E-state index in [2.05, 4.69) is 26.8 Å². The van der Waals surface area contributed by atoms with Crippen molar-refractivity contribution in [3.63, 3.8) is 0 Å². The third-order valence-electron chi connectivity index (χ3n) is 2.37. The van der Waals surface area contributed by atoms with Crippen molar-refractivity contribution in [2.45, 2.75) is 6.92 Å². The van der Waals surface area contributed by atoms with E-state index in [1.807, 2.05) is 13.0 Å². The molecular weight excluding hydrogens is 328 g/mol. The average molecular weight is 339 g/mol. The first kappa shape index (κ1) is 13.8. The Labute approximate surface area is 122 Å². The Morgan fingerprint density at radius 3 is 2.47 bits per heavy atom. The second-order valence-electron chi connectivity index (χ2n) is 3.88. The summed E-state index contributed by atoms with van der Waals surface area (Å²) in [7, 11) is 0. The highest BCUT2D eigenvalue weighted by Crippen LogP contribution is 2.21. The van der Waals surface area contributed by atoms with Gasteiger partial charge in [-0.25, -0.2) is 0 Å². The molecule has 0 spiro atoms. The van der Waals surface area contributed by atoms with Gasteiger partial charge in [-0.2, -0.15) is 0 Å². The summed E-state index contributed by atoms with van der Waals surface area (Å²) < 4.78 is 0.864. The topological polar surface area (TPSA) is 58.2 Å². The fourth-order valence-corrected chi connectivity index (χ4v) is 2.75. The minimum Gasteiger partial charge on any atom is -0.267 e. The summed E-state index contributed by atoms with van der Waals surface area (Å²) >= 11 is 4.58. The van der Waals surface area contributed by atoms with Crippen molar-refractivity contribution < 1.29 is 9.59 Å². The van der Waals surface area contributed by atoms with Gasteiger partial charge in [0, 0.05) is 5.56 Å². The van der Waals surface area contributed by atoms with E-state index in [9.17, 15) is 9.59 Å². The SMILES string of the molecule is Cc1cccc(C(=O)NNC(=O)c2ccc(Br)s2)c1. The highest BCUT2D eigenvalue weighted by molar-refractivity contribution is 9.11. The van der Waals surface area contributed by atoms with Gasteiger partial charge in [-0.15, -0.1) is 11.3 Å². The molecule has 98 valence electrons. The second kappa shape index (κ2) is 5.99. The predicted molar refractivity (Wildman–Crippen MR) is 78.1 cm³/mol. The third-order valence-corrected chi connectivity index (χ3v) is 3.99. The molecule has 2 rings (SSSR count). The molecule has 2 N–H and O–H groups in total. The van der Waals surface area contributed by atoms with E-state index in [0.717, 1.165) is 9.35 Å². The maximum atomic E-state index is 11.8. The van der Waals surface area contributed by atoms with Gasteiger partial charge in [-0.3, -0.25) is 20.4 Å². The van der Waals surface area contributed by atoms with Gasteiger partial charge in [0.1, 0.15) is 0 Å². The number of carbonyl (C=O) groups excluding carboxylic acids is 2. The minimum absolute atomic E-state index is 0.336. The van der Waals surface area contributed by atoms with Crippen LogP contribution in [0.2, 0.25) is 0 Å². The van der Waals surface area contributed by atoms with Gasteiger partial charge >= 0.3 is 0 Å². The maximum Gasteiger partial charge on any atom is 0.279 e. The van der Waals surface area contributed by atoms with Crippen LogP contribution in [-0.2, 0) is 0 Å². The van der Waals surface area contributed by atoms with Gasteiger partial charge in [0.05, 0.1) is 8.66 Å². The summed E-state index contributed by atoms with van der Waals surface area (Å²) in [5.74, 6) is -0.677. The van der Waals surface area contributed by atoms with Crippen LogP contribution in [0.5, 0.6) is 0 Å². The van der Waals surface area contributed by atoms with Crippen molar-refractivity contribution >= 4 is 39.1 Å². The Morgan fingerprint density at radius 1 is 1.11 bits per heavy atom. The van der Waals surface area contributed by atoms with Crippen LogP contribution >= 0.6 is 27.3 Å². The van der Waals surface area contributed by atoms with E-state index in [-0.39, 0.29) is 11.8 Å². The van der Waals surface area contributed by atoms with Crippen LogP contribution in [-0.4, -0.2) is 11.8 Å². The molecule has 0 unspecified atom stereocenters. The minimum atomic E-state index is -0.340. The molecule has 0 aliphatic heterocycles. The summed E-state index contributed by atoms with van der Waals surface area (Å²) in [4.78, 5) is 24.1. The van der Waals surface area contributed by atoms with Crippen molar-refractivity contribution in [2.24, 2.45) is 0 Å². The molecule has 0 saturated carbocycles. The third kappa shape index (κ3) is 3.65. The summed E-state index contributed by atoms with van der Waals surface area (Å²) in [6, 6.07) is 10.6. The van der Waals surface area contributed by atoms with Gasteiger partial charge < -0.3 is 0 Å². The molecule has 0 fully saturated rings. The molecule has 0 saturated heterocycles. The van der Waals surface area contributed by atoms with E-state index < -0.39 is 0 Å². The zero-order valence-electron chi connectivity index (χ0n) is 10.1. The van der Waals surface area contributed by atoms with Crippen LogP contribution in [0, 0.1) is 6.92 Å². The molecule has 2 amide bonds. The zero-order chi connectivity index (χ0) is 13.8. The van der Waals surface area contributed by atoms with E-state index in [0.29, 0.717) is 10.4 Å². The lowest BCUT2D eigenvalue weighted by Gasteiger charge is -2.06. The van der Waals surface area contributed by atoms with Crippen LogP contribution < -0.4 is 10.9 Å². The first-order valence-electron chi connectivity index (χ1n) is 5.49. The lowest BCUT2D eigenvalue weighted by molar-refractivity contribution is 0.0849. The Kier molecular flexibility index (Phi) is 4.34. The quantitative estimate of drug-likeness (QED) is 0.827. The molecule has 0 aliphatic carbocycles. The average Bonchev–Trinajstić information content (AvgIpc) is 2.82. The standard InChI is InChI=1S/C13H11BrN2O2S/c1-8-3-2-4-9(7-8)12(17)15-16-13(18)10-5-6-11(14)19-10/h2-7H,1H3,(H,15,17)(H,16,18). The predicted octanol–water partition coefficient (Wildman–Crippen LogP) is 2.89. The number of benzene rings is 1. The maximum absolute atomic E-state index is 11.8. The van der Waals surface area contributed by atoms with Gasteiger partial charge in [0.15, 0.2) is 0 Å². The molecule has 2 aromatic rings. The van der Waals surface area contributed by atoms with E-state index in [1.165, 1.54) is 11.3 Å². The van der Waals surface area contributed by atoms with Crippen molar-refractivity contribution in [1.82, 2.24) is 10.9 Å². The highest BCUT2D eigenvalue weighted by Gasteiger charge is 2.10. The van der Waals surface area contributed by atoms with Crippen LogP contribution in [0.25, 0.3) is 0 Å². The smallest absolute Gasteiger partial charge is 0.267 e. The summed E-state index contributed by atoms with van der Waals surface area (Å²) in [5.41, 5.74) is 6.26. The molecule has 0 aliphatic rings. The molecule has 1 aromatic heterocycles. The number of aryl methyl sites for hydroxylation is 1. The van der Waals surface area contributed by atoms with Gasteiger partial charge in [0.25, 0.3) is 11.8 Å². The number of halogens is 1. The fraction of sp³-hybridized carbons (Fsp3) is 0.0769. The van der Waals surface area contributed by atoms with Gasteiger partial charge in [-0.05, 0) is 47.1 Å². The lowest BCUT2D eigenvalue weighted by Crippen LogP contribution is -2.41. The van der Waals surface area contributed by atoms with Crippen LogP contribution in [0.15, 0.2) is 40.2 Å². The van der Waals surface area contributed by atoms with Crippen LogP contribution in [0.3, 0.4) is 0 Å². The Balaban J connectivity index is 1.95. The summed E-state index contributed by atoms with van der Waals surface area (Å²) in [5, 5.41) is 0. The number of amides is 2. The first-order valence-corrected chi connectivity index (χ1v) is 7.10. The number of nitrogens with one attached hydrogen (secondary N) is 2. The van der Waals surface area contributed by atoms with Crippen molar-refractivity contribution in [3.05, 3.63) is 56.2 Å². The molecule has 1 aromatic carbocycles.